The molecule has 0 unspecified atom stereocenters. The van der Waals surface area contributed by atoms with Gasteiger partial charge in [-0.05, 0) is 59.7 Å². The van der Waals surface area contributed by atoms with Crippen LogP contribution in [0.3, 0.4) is 0 Å². The topological polar surface area (TPSA) is 72.5 Å². The van der Waals surface area contributed by atoms with Crippen molar-refractivity contribution in [3.05, 3.63) is 107 Å². The van der Waals surface area contributed by atoms with Crippen molar-refractivity contribution in [3.8, 4) is 22.6 Å². The fraction of sp³-hybridized carbons (Fsp3) is 0.107. The van der Waals surface area contributed by atoms with E-state index >= 15 is 0 Å². The number of hydrogen-bond donors (Lipinski definition) is 1. The molecule has 1 amide bonds. The van der Waals surface area contributed by atoms with Gasteiger partial charge in [-0.3, -0.25) is 4.79 Å². The van der Waals surface area contributed by atoms with E-state index in [1.165, 1.54) is 24.3 Å². The van der Waals surface area contributed by atoms with E-state index in [2.05, 4.69) is 5.32 Å². The molecule has 0 aliphatic rings. The molecular formula is C28H23ClFNO4S. The van der Waals surface area contributed by atoms with Gasteiger partial charge in [0, 0.05) is 28.4 Å². The molecule has 8 heteroatoms. The van der Waals surface area contributed by atoms with Gasteiger partial charge in [0.2, 0.25) is 5.91 Å². The van der Waals surface area contributed by atoms with Crippen molar-refractivity contribution in [3.63, 3.8) is 0 Å². The van der Waals surface area contributed by atoms with Crippen LogP contribution >= 0.6 is 11.6 Å². The Morgan fingerprint density at radius 3 is 2.33 bits per heavy atom. The van der Waals surface area contributed by atoms with E-state index < -0.39 is 15.7 Å². The lowest BCUT2D eigenvalue weighted by atomic mass is 10.0. The summed E-state index contributed by atoms with van der Waals surface area (Å²) in [5, 5.41) is 3.43. The van der Waals surface area contributed by atoms with Crippen LogP contribution in [0, 0.1) is 5.82 Å². The van der Waals surface area contributed by atoms with E-state index in [1.54, 1.807) is 61.5 Å². The summed E-state index contributed by atoms with van der Waals surface area (Å²) in [5.74, 6) is 0.0456. The highest BCUT2D eigenvalue weighted by Crippen LogP contribution is 2.36. The van der Waals surface area contributed by atoms with Crippen molar-refractivity contribution >= 4 is 33.0 Å². The standard InChI is InChI=1S/C28H23ClFNO4S/c1-2-36(33,34)25-13-6-19(7-14-25)16-28(32)31-23-12-15-26(20-8-10-21(29)11-9-20)27(18-23)35-24-5-3-4-22(30)17-24/h3-15,17-18H,2,16H2,1H3,(H,31,32). The molecule has 0 aliphatic heterocycles. The summed E-state index contributed by atoms with van der Waals surface area (Å²) >= 11 is 6.02. The summed E-state index contributed by atoms with van der Waals surface area (Å²) in [6.45, 7) is 1.58. The predicted molar refractivity (Wildman–Crippen MR) is 140 cm³/mol. The normalized spacial score (nSPS) is 11.2. The van der Waals surface area contributed by atoms with Crippen molar-refractivity contribution < 1.29 is 22.3 Å². The summed E-state index contributed by atoms with van der Waals surface area (Å²) in [7, 11) is -3.30. The molecule has 0 aliphatic carbocycles. The van der Waals surface area contributed by atoms with Crippen LogP contribution in [-0.2, 0) is 21.1 Å². The number of carbonyl (C=O) groups is 1. The second-order valence-electron chi connectivity index (χ2n) is 8.05. The quantitative estimate of drug-likeness (QED) is 0.272. The molecule has 0 heterocycles. The number of halogens is 2. The minimum atomic E-state index is -3.30. The molecule has 0 fully saturated rings. The first kappa shape index (κ1) is 25.4. The lowest BCUT2D eigenvalue weighted by Gasteiger charge is -2.14. The average molecular weight is 524 g/mol. The Bertz CT molecular complexity index is 1490. The number of benzene rings is 4. The Kier molecular flexibility index (Phi) is 7.72. The number of carbonyl (C=O) groups excluding carboxylic acids is 1. The second kappa shape index (κ2) is 10.9. The van der Waals surface area contributed by atoms with Crippen molar-refractivity contribution in [2.75, 3.05) is 11.1 Å². The van der Waals surface area contributed by atoms with E-state index in [0.717, 1.165) is 11.1 Å². The molecular weight excluding hydrogens is 501 g/mol. The largest absolute Gasteiger partial charge is 0.457 e. The highest BCUT2D eigenvalue weighted by molar-refractivity contribution is 7.91. The third-order valence-corrected chi connectivity index (χ3v) is 7.47. The first-order chi connectivity index (χ1) is 17.2. The molecule has 4 aromatic carbocycles. The Hall–Kier alpha value is -3.68. The zero-order valence-electron chi connectivity index (χ0n) is 19.4. The van der Waals surface area contributed by atoms with Crippen LogP contribution in [0.2, 0.25) is 5.02 Å². The van der Waals surface area contributed by atoms with Gasteiger partial charge in [0.25, 0.3) is 0 Å². The average Bonchev–Trinajstić information content (AvgIpc) is 2.85. The van der Waals surface area contributed by atoms with E-state index in [4.69, 9.17) is 16.3 Å². The van der Waals surface area contributed by atoms with Crippen LogP contribution in [-0.4, -0.2) is 20.1 Å². The minimum absolute atomic E-state index is 0.0128. The number of anilines is 1. The number of hydrogen-bond acceptors (Lipinski definition) is 4. The van der Waals surface area contributed by atoms with Crippen molar-refractivity contribution in [1.82, 2.24) is 0 Å². The van der Waals surface area contributed by atoms with Gasteiger partial charge >= 0.3 is 0 Å². The molecule has 184 valence electrons. The molecule has 36 heavy (non-hydrogen) atoms. The van der Waals surface area contributed by atoms with Gasteiger partial charge in [-0.25, -0.2) is 12.8 Å². The predicted octanol–water partition coefficient (Wildman–Crippen LogP) is 6.91. The van der Waals surface area contributed by atoms with E-state index in [1.807, 2.05) is 12.1 Å². The number of sulfone groups is 1. The maximum Gasteiger partial charge on any atom is 0.228 e. The Morgan fingerprint density at radius 2 is 1.67 bits per heavy atom. The maximum atomic E-state index is 13.7. The van der Waals surface area contributed by atoms with Crippen LogP contribution in [0.1, 0.15) is 12.5 Å². The Balaban J connectivity index is 1.56. The van der Waals surface area contributed by atoms with Gasteiger partial charge in [0.1, 0.15) is 17.3 Å². The third kappa shape index (κ3) is 6.30. The van der Waals surface area contributed by atoms with Crippen LogP contribution < -0.4 is 10.1 Å². The van der Waals surface area contributed by atoms with Crippen LogP contribution in [0.25, 0.3) is 11.1 Å². The minimum Gasteiger partial charge on any atom is -0.457 e. The van der Waals surface area contributed by atoms with Crippen LogP contribution in [0.4, 0.5) is 10.1 Å². The van der Waals surface area contributed by atoms with Crippen LogP contribution in [0.15, 0.2) is 95.9 Å². The fourth-order valence-corrected chi connectivity index (χ4v) is 4.59. The molecule has 4 rings (SSSR count). The highest BCUT2D eigenvalue weighted by Gasteiger charge is 2.14. The maximum absolute atomic E-state index is 13.7. The molecule has 0 saturated heterocycles. The smallest absolute Gasteiger partial charge is 0.228 e. The van der Waals surface area contributed by atoms with Gasteiger partial charge in [-0.15, -0.1) is 0 Å². The number of rotatable bonds is 8. The lowest BCUT2D eigenvalue weighted by Crippen LogP contribution is -2.14. The molecule has 0 aromatic heterocycles. The summed E-state index contributed by atoms with van der Waals surface area (Å²) in [6, 6.07) is 24.5. The SMILES string of the molecule is CCS(=O)(=O)c1ccc(CC(=O)Nc2ccc(-c3ccc(Cl)cc3)c(Oc3cccc(F)c3)c2)cc1. The summed E-state index contributed by atoms with van der Waals surface area (Å²) in [5.41, 5.74) is 2.75. The summed E-state index contributed by atoms with van der Waals surface area (Å²) in [4.78, 5) is 12.9. The van der Waals surface area contributed by atoms with Crippen LogP contribution in [0.5, 0.6) is 11.5 Å². The molecule has 0 radical (unpaired) electrons. The summed E-state index contributed by atoms with van der Waals surface area (Å²) in [6.07, 6.45) is 0.0610. The summed E-state index contributed by atoms with van der Waals surface area (Å²) < 4.78 is 43.7. The van der Waals surface area contributed by atoms with Crippen molar-refractivity contribution in [2.45, 2.75) is 18.2 Å². The number of nitrogens with one attached hydrogen (secondary N) is 1. The highest BCUT2D eigenvalue weighted by atomic mass is 35.5. The third-order valence-electron chi connectivity index (χ3n) is 5.47. The number of ether oxygens (including phenoxy) is 1. The molecule has 0 atom stereocenters. The molecule has 4 aromatic rings. The number of amides is 1. The van der Waals surface area contributed by atoms with E-state index in [-0.39, 0.29) is 23.0 Å². The van der Waals surface area contributed by atoms with E-state index in [9.17, 15) is 17.6 Å². The monoisotopic (exact) mass is 523 g/mol. The zero-order valence-corrected chi connectivity index (χ0v) is 20.9. The Morgan fingerprint density at radius 1 is 0.944 bits per heavy atom. The van der Waals surface area contributed by atoms with Gasteiger partial charge in [0.15, 0.2) is 9.84 Å². The first-order valence-electron chi connectivity index (χ1n) is 11.2. The fourth-order valence-electron chi connectivity index (χ4n) is 3.58. The molecule has 5 nitrogen and oxygen atoms in total. The van der Waals surface area contributed by atoms with Crippen molar-refractivity contribution in [2.24, 2.45) is 0 Å². The molecule has 0 saturated carbocycles. The van der Waals surface area contributed by atoms with E-state index in [0.29, 0.717) is 27.8 Å². The molecule has 0 spiro atoms. The Labute approximate surface area is 214 Å². The van der Waals surface area contributed by atoms with Gasteiger partial charge < -0.3 is 10.1 Å². The first-order valence-corrected chi connectivity index (χ1v) is 13.2. The molecule has 1 N–H and O–H groups in total. The lowest BCUT2D eigenvalue weighted by molar-refractivity contribution is -0.115. The zero-order chi connectivity index (χ0) is 25.7. The van der Waals surface area contributed by atoms with Crippen molar-refractivity contribution in [1.29, 1.82) is 0 Å². The van der Waals surface area contributed by atoms with Gasteiger partial charge in [0.05, 0.1) is 17.1 Å². The molecule has 0 bridgehead atoms. The second-order valence-corrected chi connectivity index (χ2v) is 10.8. The van der Waals surface area contributed by atoms with Gasteiger partial charge in [-0.1, -0.05) is 48.9 Å². The van der Waals surface area contributed by atoms with Gasteiger partial charge in [-0.2, -0.15) is 0 Å².